The topological polar surface area (TPSA) is 69.2 Å². The number of amides is 1. The van der Waals surface area contributed by atoms with Crippen molar-refractivity contribution >= 4 is 47.4 Å². The van der Waals surface area contributed by atoms with E-state index in [0.717, 1.165) is 43.7 Å². The zero-order valence-corrected chi connectivity index (χ0v) is 19.0. The number of rotatable bonds is 7. The Labute approximate surface area is 183 Å². The molecule has 0 atom stereocenters. The minimum absolute atomic E-state index is 0. The molecule has 9 heteroatoms. The standard InChI is InChI=1S/C18H28ClN5O2.HI/c1-20-18(22-13-17(25)21-6-11-26-2)24-9-7-23(8-10-24)14-15-4-3-5-16(19)12-15;/h3-5,12H,6-11,13-14H2,1-2H3,(H,20,22)(H,21,25);1H. The first kappa shape index (κ1) is 23.9. The van der Waals surface area contributed by atoms with Gasteiger partial charge in [0.2, 0.25) is 5.91 Å². The van der Waals surface area contributed by atoms with Crippen LogP contribution in [-0.2, 0) is 16.1 Å². The zero-order chi connectivity index (χ0) is 18.8. The van der Waals surface area contributed by atoms with Crippen LogP contribution in [0.2, 0.25) is 5.02 Å². The van der Waals surface area contributed by atoms with Crippen LogP contribution in [0.4, 0.5) is 0 Å². The van der Waals surface area contributed by atoms with Gasteiger partial charge in [0.05, 0.1) is 13.2 Å². The summed E-state index contributed by atoms with van der Waals surface area (Å²) in [6.07, 6.45) is 0. The van der Waals surface area contributed by atoms with Crippen molar-refractivity contribution in [2.75, 3.05) is 60.0 Å². The lowest BCUT2D eigenvalue weighted by molar-refractivity contribution is -0.120. The normalized spacial score (nSPS) is 15.2. The average Bonchev–Trinajstić information content (AvgIpc) is 2.64. The maximum absolute atomic E-state index is 11.8. The number of carbonyl (C=O) groups is 1. The van der Waals surface area contributed by atoms with Gasteiger partial charge in [0.25, 0.3) is 0 Å². The Bertz CT molecular complexity index is 609. The van der Waals surface area contributed by atoms with Crippen molar-refractivity contribution in [3.63, 3.8) is 0 Å². The molecule has 1 heterocycles. The van der Waals surface area contributed by atoms with E-state index in [-0.39, 0.29) is 36.4 Å². The predicted octanol–water partition coefficient (Wildman–Crippen LogP) is 1.41. The summed E-state index contributed by atoms with van der Waals surface area (Å²) in [7, 11) is 3.35. The summed E-state index contributed by atoms with van der Waals surface area (Å²) in [5, 5.41) is 6.68. The van der Waals surface area contributed by atoms with E-state index in [2.05, 4.69) is 31.5 Å². The Hall–Kier alpha value is -1.10. The fourth-order valence-electron chi connectivity index (χ4n) is 2.86. The van der Waals surface area contributed by atoms with Crippen LogP contribution in [0, 0.1) is 0 Å². The second-order valence-electron chi connectivity index (χ2n) is 6.14. The summed E-state index contributed by atoms with van der Waals surface area (Å²) >= 11 is 6.06. The van der Waals surface area contributed by atoms with E-state index in [1.54, 1.807) is 14.2 Å². The molecule has 0 radical (unpaired) electrons. The molecular formula is C18H29ClIN5O2. The molecular weight excluding hydrogens is 481 g/mol. The number of methoxy groups -OCH3 is 1. The minimum atomic E-state index is -0.0669. The number of nitrogens with zero attached hydrogens (tertiary/aromatic N) is 3. The lowest BCUT2D eigenvalue weighted by atomic mass is 10.2. The third-order valence-corrected chi connectivity index (χ3v) is 4.45. The molecule has 0 unspecified atom stereocenters. The third kappa shape index (κ3) is 8.63. The molecule has 2 N–H and O–H groups in total. The van der Waals surface area contributed by atoms with E-state index in [1.807, 2.05) is 18.2 Å². The van der Waals surface area contributed by atoms with Crippen LogP contribution in [0.15, 0.2) is 29.3 Å². The van der Waals surface area contributed by atoms with Gasteiger partial charge in [-0.05, 0) is 17.7 Å². The molecule has 0 aliphatic carbocycles. The number of carbonyl (C=O) groups excluding carboxylic acids is 1. The van der Waals surface area contributed by atoms with Gasteiger partial charge in [-0.2, -0.15) is 0 Å². The van der Waals surface area contributed by atoms with Crippen molar-refractivity contribution in [3.8, 4) is 0 Å². The smallest absolute Gasteiger partial charge is 0.239 e. The lowest BCUT2D eigenvalue weighted by Gasteiger charge is -2.36. The maximum atomic E-state index is 11.8. The van der Waals surface area contributed by atoms with E-state index in [1.165, 1.54) is 5.56 Å². The van der Waals surface area contributed by atoms with Crippen LogP contribution in [0.25, 0.3) is 0 Å². The molecule has 152 valence electrons. The van der Waals surface area contributed by atoms with Crippen molar-refractivity contribution in [2.45, 2.75) is 6.54 Å². The van der Waals surface area contributed by atoms with Crippen LogP contribution in [0.3, 0.4) is 0 Å². The highest BCUT2D eigenvalue weighted by atomic mass is 127. The van der Waals surface area contributed by atoms with Crippen molar-refractivity contribution in [3.05, 3.63) is 34.9 Å². The number of piperazine rings is 1. The van der Waals surface area contributed by atoms with E-state index in [4.69, 9.17) is 16.3 Å². The molecule has 1 aromatic carbocycles. The van der Waals surface area contributed by atoms with Gasteiger partial charge in [-0.3, -0.25) is 14.7 Å². The van der Waals surface area contributed by atoms with E-state index < -0.39 is 0 Å². The first-order valence-electron chi connectivity index (χ1n) is 8.80. The number of halogens is 2. The summed E-state index contributed by atoms with van der Waals surface area (Å²) in [6, 6.07) is 7.99. The monoisotopic (exact) mass is 509 g/mol. The highest BCUT2D eigenvalue weighted by Crippen LogP contribution is 2.14. The van der Waals surface area contributed by atoms with Gasteiger partial charge in [-0.1, -0.05) is 23.7 Å². The maximum Gasteiger partial charge on any atom is 0.239 e. The molecule has 27 heavy (non-hydrogen) atoms. The number of nitrogens with one attached hydrogen (secondary N) is 2. The molecule has 0 saturated carbocycles. The molecule has 1 fully saturated rings. The quantitative estimate of drug-likeness (QED) is 0.252. The van der Waals surface area contributed by atoms with E-state index in [0.29, 0.717) is 13.2 Å². The fraction of sp³-hybridized carbons (Fsp3) is 0.556. The summed E-state index contributed by atoms with van der Waals surface area (Å²) in [5.41, 5.74) is 1.22. The number of benzene rings is 1. The Morgan fingerprint density at radius 1 is 1.26 bits per heavy atom. The molecule has 2 rings (SSSR count). The van der Waals surface area contributed by atoms with Crippen molar-refractivity contribution in [1.29, 1.82) is 0 Å². The average molecular weight is 510 g/mol. The second kappa shape index (κ2) is 13.1. The van der Waals surface area contributed by atoms with Gasteiger partial charge < -0.3 is 20.3 Å². The molecule has 1 aliphatic rings. The van der Waals surface area contributed by atoms with Crippen molar-refractivity contribution in [1.82, 2.24) is 20.4 Å². The highest BCUT2D eigenvalue weighted by Gasteiger charge is 2.20. The predicted molar refractivity (Wildman–Crippen MR) is 120 cm³/mol. The summed E-state index contributed by atoms with van der Waals surface area (Å²) in [4.78, 5) is 20.6. The molecule has 1 saturated heterocycles. The Morgan fingerprint density at radius 3 is 2.63 bits per heavy atom. The van der Waals surface area contributed by atoms with Gasteiger partial charge in [-0.25, -0.2) is 0 Å². The van der Waals surface area contributed by atoms with Gasteiger partial charge in [0.15, 0.2) is 5.96 Å². The number of guanidine groups is 1. The van der Waals surface area contributed by atoms with Crippen LogP contribution >= 0.6 is 35.6 Å². The van der Waals surface area contributed by atoms with E-state index in [9.17, 15) is 4.79 Å². The van der Waals surface area contributed by atoms with Crippen LogP contribution in [0.1, 0.15) is 5.56 Å². The summed E-state index contributed by atoms with van der Waals surface area (Å²) in [5.74, 6) is 0.692. The van der Waals surface area contributed by atoms with Gasteiger partial charge in [-0.15, -0.1) is 24.0 Å². The molecule has 1 aromatic rings. The van der Waals surface area contributed by atoms with E-state index >= 15 is 0 Å². The van der Waals surface area contributed by atoms with Gasteiger partial charge in [0, 0.05) is 58.4 Å². The molecule has 0 bridgehead atoms. The lowest BCUT2D eigenvalue weighted by Crippen LogP contribution is -2.53. The minimum Gasteiger partial charge on any atom is -0.383 e. The van der Waals surface area contributed by atoms with Crippen LogP contribution in [0.5, 0.6) is 0 Å². The molecule has 0 aromatic heterocycles. The number of hydrogen-bond acceptors (Lipinski definition) is 4. The molecule has 7 nitrogen and oxygen atoms in total. The Balaban J connectivity index is 0.00000364. The largest absolute Gasteiger partial charge is 0.383 e. The first-order valence-corrected chi connectivity index (χ1v) is 9.18. The van der Waals surface area contributed by atoms with Crippen LogP contribution < -0.4 is 10.6 Å². The third-order valence-electron chi connectivity index (χ3n) is 4.21. The fourth-order valence-corrected chi connectivity index (χ4v) is 3.07. The first-order chi connectivity index (χ1) is 12.6. The Morgan fingerprint density at radius 2 is 2.00 bits per heavy atom. The SMILES string of the molecule is CN=C(NCC(=O)NCCOC)N1CCN(Cc2cccc(Cl)c2)CC1.I. The number of aliphatic imine (C=N–C) groups is 1. The zero-order valence-electron chi connectivity index (χ0n) is 15.9. The molecule has 0 spiro atoms. The van der Waals surface area contributed by atoms with Crippen LogP contribution in [-0.4, -0.2) is 81.7 Å². The number of hydrogen-bond donors (Lipinski definition) is 2. The van der Waals surface area contributed by atoms with Gasteiger partial charge in [0.1, 0.15) is 0 Å². The molecule has 1 amide bonds. The van der Waals surface area contributed by atoms with Crippen molar-refractivity contribution in [2.24, 2.45) is 4.99 Å². The molecule has 1 aliphatic heterocycles. The number of ether oxygens (including phenoxy) is 1. The van der Waals surface area contributed by atoms with Crippen molar-refractivity contribution < 1.29 is 9.53 Å². The highest BCUT2D eigenvalue weighted by molar-refractivity contribution is 14.0. The second-order valence-corrected chi connectivity index (χ2v) is 6.57. The Kier molecular flexibility index (Phi) is 11.7. The van der Waals surface area contributed by atoms with Gasteiger partial charge >= 0.3 is 0 Å². The summed E-state index contributed by atoms with van der Waals surface area (Å²) < 4.78 is 4.91. The summed E-state index contributed by atoms with van der Waals surface area (Å²) in [6.45, 7) is 5.73.